The Labute approximate surface area is 160 Å². The van der Waals surface area contributed by atoms with Crippen LogP contribution >= 0.6 is 15.9 Å². The van der Waals surface area contributed by atoms with Gasteiger partial charge < -0.3 is 0 Å². The summed E-state index contributed by atoms with van der Waals surface area (Å²) in [6.07, 6.45) is 3.25. The summed E-state index contributed by atoms with van der Waals surface area (Å²) >= 11 is 3.54. The zero-order chi connectivity index (χ0) is 18.3. The molecule has 0 aliphatic heterocycles. The molecule has 0 aliphatic rings. The third-order valence-corrected chi connectivity index (χ3v) is 6.59. The van der Waals surface area contributed by atoms with Gasteiger partial charge in [0.25, 0.3) is 10.0 Å². The zero-order valence-corrected chi connectivity index (χ0v) is 16.3. The Kier molecular flexibility index (Phi) is 4.17. The standard InChI is InChI=1S/C20H15BrN2O2S/c1-14-7-9-16(10-8-14)26(24,25)23-13-17(15-5-3-2-4-6-15)19-18(21)11-12-22-20(19)23/h2-13H,1H3. The maximum Gasteiger partial charge on any atom is 0.269 e. The van der Waals surface area contributed by atoms with Crippen LogP contribution in [0.15, 0.2) is 82.4 Å². The molecule has 0 spiro atoms. The van der Waals surface area contributed by atoms with Gasteiger partial charge in [-0.05, 0) is 46.6 Å². The van der Waals surface area contributed by atoms with Crippen LogP contribution in [0.25, 0.3) is 22.2 Å². The average Bonchev–Trinajstić information content (AvgIpc) is 3.05. The first-order chi connectivity index (χ1) is 12.5. The number of halogens is 1. The first kappa shape index (κ1) is 17.0. The van der Waals surface area contributed by atoms with Crippen molar-refractivity contribution >= 4 is 37.0 Å². The van der Waals surface area contributed by atoms with Gasteiger partial charge in [0.05, 0.1) is 4.90 Å². The summed E-state index contributed by atoms with van der Waals surface area (Å²) in [7, 11) is -3.75. The molecule has 6 heteroatoms. The summed E-state index contributed by atoms with van der Waals surface area (Å²) in [6, 6.07) is 18.3. The molecule has 0 bridgehead atoms. The minimum atomic E-state index is -3.75. The molecule has 0 aliphatic carbocycles. The van der Waals surface area contributed by atoms with Gasteiger partial charge >= 0.3 is 0 Å². The van der Waals surface area contributed by atoms with Gasteiger partial charge in [-0.15, -0.1) is 0 Å². The number of aromatic nitrogens is 2. The molecule has 0 atom stereocenters. The van der Waals surface area contributed by atoms with E-state index in [-0.39, 0.29) is 4.90 Å². The average molecular weight is 427 g/mol. The maximum atomic E-state index is 13.2. The van der Waals surface area contributed by atoms with Crippen molar-refractivity contribution in [1.82, 2.24) is 8.96 Å². The number of nitrogens with zero attached hydrogens (tertiary/aromatic N) is 2. The Hall–Kier alpha value is -2.44. The van der Waals surface area contributed by atoms with Crippen molar-refractivity contribution in [3.05, 3.63) is 83.1 Å². The van der Waals surface area contributed by atoms with E-state index in [0.717, 1.165) is 26.5 Å². The summed E-state index contributed by atoms with van der Waals surface area (Å²) in [4.78, 5) is 4.59. The van der Waals surface area contributed by atoms with Crippen molar-refractivity contribution in [2.75, 3.05) is 0 Å². The molecule has 0 amide bonds. The summed E-state index contributed by atoms with van der Waals surface area (Å²) in [5, 5.41) is 0.773. The van der Waals surface area contributed by atoms with E-state index < -0.39 is 10.0 Å². The summed E-state index contributed by atoms with van der Waals surface area (Å²) < 4.78 is 28.5. The maximum absolute atomic E-state index is 13.2. The molecule has 0 N–H and O–H groups in total. The molecule has 0 saturated heterocycles. The fourth-order valence-corrected chi connectivity index (χ4v) is 4.76. The van der Waals surface area contributed by atoms with Crippen molar-refractivity contribution < 1.29 is 8.42 Å². The topological polar surface area (TPSA) is 52.0 Å². The third kappa shape index (κ3) is 2.75. The van der Waals surface area contributed by atoms with E-state index in [1.807, 2.05) is 43.3 Å². The summed E-state index contributed by atoms with van der Waals surface area (Å²) in [5.74, 6) is 0. The van der Waals surface area contributed by atoms with Gasteiger partial charge in [0.15, 0.2) is 5.65 Å². The van der Waals surface area contributed by atoms with Crippen LogP contribution in [-0.2, 0) is 10.0 Å². The first-order valence-electron chi connectivity index (χ1n) is 8.02. The Morgan fingerprint density at radius 1 is 0.962 bits per heavy atom. The molecule has 0 fully saturated rings. The quantitative estimate of drug-likeness (QED) is 0.462. The highest BCUT2D eigenvalue weighted by Gasteiger charge is 2.23. The van der Waals surface area contributed by atoms with Gasteiger partial charge in [-0.3, -0.25) is 0 Å². The second-order valence-electron chi connectivity index (χ2n) is 6.01. The van der Waals surface area contributed by atoms with Gasteiger partial charge in [0, 0.05) is 27.8 Å². The highest BCUT2D eigenvalue weighted by molar-refractivity contribution is 9.10. The number of hydrogen-bond donors (Lipinski definition) is 0. The number of benzene rings is 2. The van der Waals surface area contributed by atoms with E-state index in [1.165, 1.54) is 3.97 Å². The lowest BCUT2D eigenvalue weighted by atomic mass is 10.1. The van der Waals surface area contributed by atoms with Crippen molar-refractivity contribution in [2.45, 2.75) is 11.8 Å². The Morgan fingerprint density at radius 2 is 1.65 bits per heavy atom. The minimum Gasteiger partial charge on any atom is -0.237 e. The van der Waals surface area contributed by atoms with Crippen LogP contribution in [0.3, 0.4) is 0 Å². The Morgan fingerprint density at radius 3 is 2.35 bits per heavy atom. The molecule has 0 saturated carbocycles. The lowest BCUT2D eigenvalue weighted by Crippen LogP contribution is -2.12. The minimum absolute atomic E-state index is 0.237. The van der Waals surface area contributed by atoms with Crippen molar-refractivity contribution in [3.63, 3.8) is 0 Å². The fraction of sp³-hybridized carbons (Fsp3) is 0.0500. The molecule has 4 nitrogen and oxygen atoms in total. The molecule has 130 valence electrons. The second kappa shape index (κ2) is 6.37. The lowest BCUT2D eigenvalue weighted by molar-refractivity contribution is 0.589. The smallest absolute Gasteiger partial charge is 0.237 e. The van der Waals surface area contributed by atoms with Crippen LogP contribution in [-0.4, -0.2) is 17.4 Å². The van der Waals surface area contributed by atoms with E-state index in [1.54, 1.807) is 36.7 Å². The first-order valence-corrected chi connectivity index (χ1v) is 10.2. The number of pyridine rings is 1. The molecule has 4 rings (SSSR count). The van der Waals surface area contributed by atoms with E-state index >= 15 is 0 Å². The van der Waals surface area contributed by atoms with Crippen LogP contribution < -0.4 is 0 Å². The van der Waals surface area contributed by atoms with Crippen LogP contribution in [0.5, 0.6) is 0 Å². The zero-order valence-electron chi connectivity index (χ0n) is 13.9. The molecule has 26 heavy (non-hydrogen) atoms. The van der Waals surface area contributed by atoms with E-state index in [4.69, 9.17) is 0 Å². The number of rotatable bonds is 3. The van der Waals surface area contributed by atoms with Crippen LogP contribution in [0.4, 0.5) is 0 Å². The van der Waals surface area contributed by atoms with Gasteiger partial charge in [-0.2, -0.15) is 0 Å². The lowest BCUT2D eigenvalue weighted by Gasteiger charge is -2.07. The Balaban J connectivity index is 2.03. The predicted molar refractivity (Wildman–Crippen MR) is 107 cm³/mol. The third-order valence-electron chi connectivity index (χ3n) is 4.27. The van der Waals surface area contributed by atoms with Crippen molar-refractivity contribution in [3.8, 4) is 11.1 Å². The summed E-state index contributed by atoms with van der Waals surface area (Å²) in [5.41, 5.74) is 3.16. The van der Waals surface area contributed by atoms with Crippen LogP contribution in [0.2, 0.25) is 0 Å². The fourth-order valence-electron chi connectivity index (χ4n) is 2.93. The van der Waals surface area contributed by atoms with E-state index in [9.17, 15) is 8.42 Å². The molecule has 2 heterocycles. The van der Waals surface area contributed by atoms with Gasteiger partial charge in [0.1, 0.15) is 0 Å². The van der Waals surface area contributed by atoms with Crippen LogP contribution in [0, 0.1) is 6.92 Å². The monoisotopic (exact) mass is 426 g/mol. The van der Waals surface area contributed by atoms with E-state index in [2.05, 4.69) is 20.9 Å². The molecule has 4 aromatic rings. The molecule has 2 aromatic heterocycles. The largest absolute Gasteiger partial charge is 0.269 e. The number of fused-ring (bicyclic) bond motifs is 1. The normalized spacial score (nSPS) is 11.8. The molecule has 2 aromatic carbocycles. The number of aryl methyl sites for hydroxylation is 1. The molecular formula is C20H15BrN2O2S. The van der Waals surface area contributed by atoms with Gasteiger partial charge in [-0.25, -0.2) is 17.4 Å². The highest BCUT2D eigenvalue weighted by Crippen LogP contribution is 2.36. The Bertz CT molecular complexity index is 1200. The van der Waals surface area contributed by atoms with Crippen molar-refractivity contribution in [2.24, 2.45) is 0 Å². The highest BCUT2D eigenvalue weighted by atomic mass is 79.9. The molecule has 0 radical (unpaired) electrons. The second-order valence-corrected chi connectivity index (χ2v) is 8.68. The summed E-state index contributed by atoms with van der Waals surface area (Å²) in [6.45, 7) is 1.92. The predicted octanol–water partition coefficient (Wildman–Crippen LogP) is 5.01. The molecular weight excluding hydrogens is 412 g/mol. The van der Waals surface area contributed by atoms with Gasteiger partial charge in [0.2, 0.25) is 0 Å². The number of hydrogen-bond acceptors (Lipinski definition) is 3. The van der Waals surface area contributed by atoms with Crippen LogP contribution in [0.1, 0.15) is 5.56 Å². The van der Waals surface area contributed by atoms with Gasteiger partial charge in [-0.1, -0.05) is 48.0 Å². The van der Waals surface area contributed by atoms with E-state index in [0.29, 0.717) is 5.65 Å². The van der Waals surface area contributed by atoms with Crippen molar-refractivity contribution in [1.29, 1.82) is 0 Å². The molecule has 0 unspecified atom stereocenters. The SMILES string of the molecule is Cc1ccc(S(=O)(=O)n2cc(-c3ccccc3)c3c(Br)ccnc32)cc1.